The number of fused-ring (bicyclic) bond motifs is 1. The number of esters is 2. The van der Waals surface area contributed by atoms with E-state index >= 15 is 0 Å². The zero-order valence-electron chi connectivity index (χ0n) is 23.3. The van der Waals surface area contributed by atoms with Crippen molar-refractivity contribution in [2.45, 2.75) is 115 Å². The van der Waals surface area contributed by atoms with Gasteiger partial charge >= 0.3 is 24.2 Å². The molecule has 13 heteroatoms. The predicted molar refractivity (Wildman–Crippen MR) is 136 cm³/mol. The zero-order chi connectivity index (χ0) is 28.8. The number of carbonyl (C=O) groups is 5. The van der Waals surface area contributed by atoms with Crippen molar-refractivity contribution in [3.63, 3.8) is 0 Å². The molecule has 40 heavy (non-hydrogen) atoms. The van der Waals surface area contributed by atoms with E-state index in [2.05, 4.69) is 5.32 Å². The Kier molecular flexibility index (Phi) is 10.1. The van der Waals surface area contributed by atoms with Gasteiger partial charge in [-0.1, -0.05) is 12.8 Å². The Hall–Kier alpha value is -3.09. The van der Waals surface area contributed by atoms with E-state index in [1.165, 1.54) is 0 Å². The standard InChI is InChI=1S/C27H40N2O11/c1-15(28-11-7-6-10-23(30)35-13-21-16(2)37-26(33)39-21)24(31)29-19-9-5-4-8-18(19)12-20(29)25(32)36-14-22-17(3)38-27(34)40-22/h15-22,28H,4-14H2,1-3H3/t15-,16?,17?,18-,19-,20-,21?,22?/m0/s1. The summed E-state index contributed by atoms with van der Waals surface area (Å²) in [4.78, 5) is 62.8. The van der Waals surface area contributed by atoms with Gasteiger partial charge in [0.05, 0.1) is 6.04 Å². The van der Waals surface area contributed by atoms with Crippen LogP contribution < -0.4 is 5.32 Å². The van der Waals surface area contributed by atoms with E-state index in [0.717, 1.165) is 25.7 Å². The lowest BCUT2D eigenvalue weighted by atomic mass is 9.84. The van der Waals surface area contributed by atoms with Crippen LogP contribution in [-0.2, 0) is 42.8 Å². The van der Waals surface area contributed by atoms with Crippen LogP contribution >= 0.6 is 0 Å². The number of likely N-dealkylation sites (tertiary alicyclic amines) is 1. The zero-order valence-corrected chi connectivity index (χ0v) is 23.3. The maximum atomic E-state index is 13.5. The van der Waals surface area contributed by atoms with Crippen molar-refractivity contribution >= 4 is 30.2 Å². The number of carbonyl (C=O) groups excluding carboxylic acids is 5. The molecule has 4 rings (SSSR count). The number of amides is 1. The predicted octanol–water partition coefficient (Wildman–Crippen LogP) is 2.23. The normalized spacial score (nSPS) is 31.9. The number of rotatable bonds is 12. The molecular weight excluding hydrogens is 528 g/mol. The molecule has 13 nitrogen and oxygen atoms in total. The summed E-state index contributed by atoms with van der Waals surface area (Å²) in [6.07, 6.45) is 2.07. The van der Waals surface area contributed by atoms with Crippen molar-refractivity contribution in [1.82, 2.24) is 10.2 Å². The SMILES string of the molecule is CC1OC(=O)OC1COC(=O)CCCCN[C@@H](C)C(=O)N1[C@H](C(=O)OCC2OC(=O)OC2C)C[C@@H]2CCCC[C@@H]21. The fourth-order valence-electron chi connectivity index (χ4n) is 5.81. The Morgan fingerprint density at radius 2 is 1.55 bits per heavy atom. The Balaban J connectivity index is 1.20. The van der Waals surface area contributed by atoms with E-state index < -0.39 is 60.7 Å². The number of nitrogens with one attached hydrogen (secondary N) is 1. The summed E-state index contributed by atoms with van der Waals surface area (Å²) < 4.78 is 30.4. The van der Waals surface area contributed by atoms with Gasteiger partial charge in [-0.15, -0.1) is 0 Å². The molecule has 0 aromatic rings. The highest BCUT2D eigenvalue weighted by Crippen LogP contribution is 2.40. The average Bonchev–Trinajstić information content (AvgIpc) is 3.57. The van der Waals surface area contributed by atoms with Crippen LogP contribution in [-0.4, -0.2) is 97.4 Å². The second kappa shape index (κ2) is 13.5. The molecule has 0 spiro atoms. The van der Waals surface area contributed by atoms with E-state index in [4.69, 9.17) is 28.4 Å². The number of hydrogen-bond acceptors (Lipinski definition) is 12. The topological polar surface area (TPSA) is 156 Å². The lowest BCUT2D eigenvalue weighted by Gasteiger charge is -2.35. The highest BCUT2D eigenvalue weighted by Gasteiger charge is 2.49. The van der Waals surface area contributed by atoms with Crippen molar-refractivity contribution in [3.05, 3.63) is 0 Å². The van der Waals surface area contributed by atoms with Crippen LogP contribution in [0.4, 0.5) is 9.59 Å². The number of ether oxygens (including phenoxy) is 6. The van der Waals surface area contributed by atoms with E-state index in [9.17, 15) is 24.0 Å². The highest BCUT2D eigenvalue weighted by atomic mass is 16.8. The molecule has 1 aliphatic carbocycles. The Morgan fingerprint density at radius 1 is 0.925 bits per heavy atom. The molecule has 4 unspecified atom stereocenters. The van der Waals surface area contributed by atoms with E-state index in [1.54, 1.807) is 25.7 Å². The van der Waals surface area contributed by atoms with Crippen LogP contribution in [0.25, 0.3) is 0 Å². The summed E-state index contributed by atoms with van der Waals surface area (Å²) in [5.74, 6) is -0.782. The summed E-state index contributed by atoms with van der Waals surface area (Å²) in [6, 6.07) is -1.21. The molecule has 0 aromatic heterocycles. The van der Waals surface area contributed by atoms with Crippen LogP contribution in [0.3, 0.4) is 0 Å². The van der Waals surface area contributed by atoms with Crippen LogP contribution in [0.5, 0.6) is 0 Å². The largest absolute Gasteiger partial charge is 0.509 e. The van der Waals surface area contributed by atoms with Gasteiger partial charge in [-0.3, -0.25) is 9.59 Å². The summed E-state index contributed by atoms with van der Waals surface area (Å²) in [7, 11) is 0. The maximum absolute atomic E-state index is 13.5. The molecule has 1 saturated carbocycles. The van der Waals surface area contributed by atoms with Crippen LogP contribution in [0.1, 0.15) is 72.1 Å². The fourth-order valence-corrected chi connectivity index (χ4v) is 5.81. The molecule has 4 fully saturated rings. The van der Waals surface area contributed by atoms with Gasteiger partial charge in [0.1, 0.15) is 31.5 Å². The van der Waals surface area contributed by atoms with E-state index in [-0.39, 0.29) is 37.5 Å². The van der Waals surface area contributed by atoms with Gasteiger partial charge in [0.15, 0.2) is 12.2 Å². The quantitative estimate of drug-likeness (QED) is 0.208. The first kappa shape index (κ1) is 29.9. The van der Waals surface area contributed by atoms with Gasteiger partial charge in [0.2, 0.25) is 5.91 Å². The van der Waals surface area contributed by atoms with Gasteiger partial charge < -0.3 is 38.6 Å². The second-order valence-electron chi connectivity index (χ2n) is 11.0. The first-order valence-electron chi connectivity index (χ1n) is 14.3. The van der Waals surface area contributed by atoms with Gasteiger partial charge in [-0.05, 0) is 65.3 Å². The lowest BCUT2D eigenvalue weighted by molar-refractivity contribution is -0.157. The van der Waals surface area contributed by atoms with Crippen LogP contribution in [0.2, 0.25) is 0 Å². The molecule has 224 valence electrons. The van der Waals surface area contributed by atoms with Crippen LogP contribution in [0.15, 0.2) is 0 Å². The summed E-state index contributed by atoms with van der Waals surface area (Å²) in [6.45, 7) is 5.46. The second-order valence-corrected chi connectivity index (χ2v) is 11.0. The minimum atomic E-state index is -0.782. The first-order chi connectivity index (χ1) is 19.1. The van der Waals surface area contributed by atoms with Crippen molar-refractivity contribution in [1.29, 1.82) is 0 Å². The molecule has 8 atom stereocenters. The van der Waals surface area contributed by atoms with E-state index in [1.807, 2.05) is 0 Å². The fraction of sp³-hybridized carbons (Fsp3) is 0.815. The number of nitrogens with zero attached hydrogens (tertiary/aromatic N) is 1. The molecule has 0 aromatic carbocycles. The lowest BCUT2D eigenvalue weighted by Crippen LogP contribution is -2.53. The molecule has 3 heterocycles. The molecule has 1 amide bonds. The molecular formula is C27H40N2O11. The van der Waals surface area contributed by atoms with Gasteiger partial charge in [0.25, 0.3) is 0 Å². The molecule has 3 aliphatic heterocycles. The smallest absolute Gasteiger partial charge is 0.462 e. The Bertz CT molecular complexity index is 959. The Labute approximate surface area is 233 Å². The van der Waals surface area contributed by atoms with Gasteiger partial charge in [-0.25, -0.2) is 14.4 Å². The molecule has 4 aliphatic rings. The minimum Gasteiger partial charge on any atom is -0.462 e. The molecule has 0 bridgehead atoms. The summed E-state index contributed by atoms with van der Waals surface area (Å²) in [5, 5.41) is 3.22. The van der Waals surface area contributed by atoms with Crippen molar-refractivity contribution < 1.29 is 52.4 Å². The highest BCUT2D eigenvalue weighted by molar-refractivity contribution is 5.88. The molecule has 0 radical (unpaired) electrons. The molecule has 3 saturated heterocycles. The first-order valence-corrected chi connectivity index (χ1v) is 14.3. The number of unbranched alkanes of at least 4 members (excludes halogenated alkanes) is 1. The van der Waals surface area contributed by atoms with Crippen LogP contribution in [0, 0.1) is 5.92 Å². The number of hydrogen-bond donors (Lipinski definition) is 1. The average molecular weight is 569 g/mol. The van der Waals surface area contributed by atoms with Gasteiger partial charge in [0, 0.05) is 12.5 Å². The minimum absolute atomic E-state index is 0.00311. The monoisotopic (exact) mass is 568 g/mol. The molecule has 1 N–H and O–H groups in total. The van der Waals surface area contributed by atoms with E-state index in [0.29, 0.717) is 25.8 Å². The Morgan fingerprint density at radius 3 is 2.17 bits per heavy atom. The maximum Gasteiger partial charge on any atom is 0.509 e. The van der Waals surface area contributed by atoms with Crippen molar-refractivity contribution in [2.75, 3.05) is 19.8 Å². The summed E-state index contributed by atoms with van der Waals surface area (Å²) in [5.41, 5.74) is 0. The van der Waals surface area contributed by atoms with Gasteiger partial charge in [-0.2, -0.15) is 0 Å². The number of cyclic esters (lactones) is 4. The van der Waals surface area contributed by atoms with Crippen molar-refractivity contribution in [2.24, 2.45) is 5.92 Å². The third-order valence-electron chi connectivity index (χ3n) is 8.15. The van der Waals surface area contributed by atoms with Crippen molar-refractivity contribution in [3.8, 4) is 0 Å². The third-order valence-corrected chi connectivity index (χ3v) is 8.15. The third kappa shape index (κ3) is 7.35. The summed E-state index contributed by atoms with van der Waals surface area (Å²) >= 11 is 0.